The van der Waals surface area contributed by atoms with Gasteiger partial charge in [-0.25, -0.2) is 0 Å². The van der Waals surface area contributed by atoms with E-state index in [0.717, 1.165) is 11.3 Å². The highest BCUT2D eigenvalue weighted by Gasteiger charge is 2.28. The molecule has 0 heterocycles. The van der Waals surface area contributed by atoms with Crippen molar-refractivity contribution in [2.75, 3.05) is 7.11 Å². The average molecular weight is 233 g/mol. The summed E-state index contributed by atoms with van der Waals surface area (Å²) in [5.74, 6) is 1.55. The van der Waals surface area contributed by atoms with Crippen LogP contribution in [0.4, 0.5) is 0 Å². The first-order valence-electron chi connectivity index (χ1n) is 6.12. The Morgan fingerprint density at radius 2 is 2.18 bits per heavy atom. The van der Waals surface area contributed by atoms with Crippen LogP contribution in [0.15, 0.2) is 24.3 Å². The quantitative estimate of drug-likeness (QED) is 0.846. The predicted molar refractivity (Wildman–Crippen MR) is 67.0 cm³/mol. The van der Waals surface area contributed by atoms with Crippen LogP contribution < -0.4 is 10.1 Å². The Labute approximate surface area is 102 Å². The van der Waals surface area contributed by atoms with E-state index in [1.54, 1.807) is 7.11 Å². The number of carbonyl (C=O) groups excluding carboxylic acids is 1. The van der Waals surface area contributed by atoms with Crippen molar-refractivity contribution in [1.29, 1.82) is 0 Å². The molecule has 3 nitrogen and oxygen atoms in total. The van der Waals surface area contributed by atoms with Crippen LogP contribution in [0.2, 0.25) is 0 Å². The minimum Gasteiger partial charge on any atom is -0.496 e. The van der Waals surface area contributed by atoms with Gasteiger partial charge in [0.15, 0.2) is 0 Å². The zero-order chi connectivity index (χ0) is 12.3. The van der Waals surface area contributed by atoms with Crippen molar-refractivity contribution >= 4 is 5.91 Å². The molecule has 0 spiro atoms. The van der Waals surface area contributed by atoms with E-state index in [4.69, 9.17) is 4.74 Å². The molecule has 1 N–H and O–H groups in total. The van der Waals surface area contributed by atoms with Gasteiger partial charge in [-0.05, 0) is 31.7 Å². The number of carbonyl (C=O) groups is 1. The Hall–Kier alpha value is -1.51. The van der Waals surface area contributed by atoms with E-state index in [1.165, 1.54) is 12.8 Å². The SMILES string of the molecule is COc1ccccc1CC(=O)NC(C)C1CC1. The van der Waals surface area contributed by atoms with E-state index in [2.05, 4.69) is 12.2 Å². The molecule has 17 heavy (non-hydrogen) atoms. The van der Waals surface area contributed by atoms with Gasteiger partial charge in [0.05, 0.1) is 13.5 Å². The summed E-state index contributed by atoms with van der Waals surface area (Å²) in [4.78, 5) is 11.9. The molecule has 0 bridgehead atoms. The topological polar surface area (TPSA) is 38.3 Å². The van der Waals surface area contributed by atoms with Gasteiger partial charge in [-0.2, -0.15) is 0 Å². The lowest BCUT2D eigenvalue weighted by atomic mass is 10.1. The summed E-state index contributed by atoms with van der Waals surface area (Å²) in [6, 6.07) is 7.95. The lowest BCUT2D eigenvalue weighted by Crippen LogP contribution is -2.35. The zero-order valence-electron chi connectivity index (χ0n) is 10.4. The first kappa shape index (κ1) is 12.0. The molecule has 1 aliphatic rings. The van der Waals surface area contributed by atoms with Crippen LogP contribution in [-0.2, 0) is 11.2 Å². The fourth-order valence-corrected chi connectivity index (χ4v) is 2.04. The van der Waals surface area contributed by atoms with Gasteiger partial charge in [0.1, 0.15) is 5.75 Å². The number of hydrogen-bond acceptors (Lipinski definition) is 2. The standard InChI is InChI=1S/C14H19NO2/c1-10(11-7-8-11)15-14(16)9-12-5-3-4-6-13(12)17-2/h3-6,10-11H,7-9H2,1-2H3,(H,15,16). The van der Waals surface area contributed by atoms with Crippen LogP contribution in [0.1, 0.15) is 25.3 Å². The maximum atomic E-state index is 11.9. The van der Waals surface area contributed by atoms with Gasteiger partial charge in [-0.1, -0.05) is 18.2 Å². The second-order valence-corrected chi connectivity index (χ2v) is 4.68. The number of para-hydroxylation sites is 1. The molecule has 1 atom stereocenters. The molecular formula is C14H19NO2. The smallest absolute Gasteiger partial charge is 0.224 e. The largest absolute Gasteiger partial charge is 0.496 e. The van der Waals surface area contributed by atoms with Crippen molar-refractivity contribution < 1.29 is 9.53 Å². The maximum Gasteiger partial charge on any atom is 0.224 e. The van der Waals surface area contributed by atoms with E-state index >= 15 is 0 Å². The molecule has 1 aromatic rings. The van der Waals surface area contributed by atoms with Crippen LogP contribution in [0.5, 0.6) is 5.75 Å². The molecule has 0 saturated heterocycles. The van der Waals surface area contributed by atoms with Crippen molar-refractivity contribution in [3.63, 3.8) is 0 Å². The molecule has 0 aromatic heterocycles. The van der Waals surface area contributed by atoms with Crippen LogP contribution in [0.3, 0.4) is 0 Å². The number of rotatable bonds is 5. The third kappa shape index (κ3) is 3.22. The number of benzene rings is 1. The number of nitrogens with one attached hydrogen (secondary N) is 1. The summed E-state index contributed by atoms with van der Waals surface area (Å²) >= 11 is 0. The lowest BCUT2D eigenvalue weighted by molar-refractivity contribution is -0.121. The van der Waals surface area contributed by atoms with E-state index in [-0.39, 0.29) is 5.91 Å². The highest BCUT2D eigenvalue weighted by atomic mass is 16.5. The molecule has 1 fully saturated rings. The normalized spacial score (nSPS) is 16.4. The summed E-state index contributed by atoms with van der Waals surface area (Å²) in [6.45, 7) is 2.08. The first-order valence-corrected chi connectivity index (χ1v) is 6.12. The highest BCUT2D eigenvalue weighted by molar-refractivity contribution is 5.79. The van der Waals surface area contributed by atoms with E-state index in [1.807, 2.05) is 24.3 Å². The van der Waals surface area contributed by atoms with Crippen molar-refractivity contribution in [2.24, 2.45) is 5.92 Å². The molecule has 2 rings (SSSR count). The third-order valence-electron chi connectivity index (χ3n) is 3.26. The fourth-order valence-electron chi connectivity index (χ4n) is 2.04. The van der Waals surface area contributed by atoms with E-state index < -0.39 is 0 Å². The minimum absolute atomic E-state index is 0.0777. The number of methoxy groups -OCH3 is 1. The second-order valence-electron chi connectivity index (χ2n) is 4.68. The maximum absolute atomic E-state index is 11.9. The van der Waals surface area contributed by atoms with Crippen LogP contribution in [-0.4, -0.2) is 19.1 Å². The van der Waals surface area contributed by atoms with Crippen molar-refractivity contribution in [3.8, 4) is 5.75 Å². The Kier molecular flexibility index (Phi) is 3.67. The molecule has 3 heteroatoms. The summed E-state index contributed by atoms with van der Waals surface area (Å²) < 4.78 is 5.23. The molecule has 0 radical (unpaired) electrons. The lowest BCUT2D eigenvalue weighted by Gasteiger charge is -2.13. The monoisotopic (exact) mass is 233 g/mol. The molecule has 0 aliphatic heterocycles. The van der Waals surface area contributed by atoms with Crippen LogP contribution in [0.25, 0.3) is 0 Å². The molecular weight excluding hydrogens is 214 g/mol. The summed E-state index contributed by atoms with van der Waals surface area (Å²) in [6.07, 6.45) is 2.88. The Bertz CT molecular complexity index is 399. The van der Waals surface area contributed by atoms with Crippen LogP contribution in [0, 0.1) is 5.92 Å². The van der Waals surface area contributed by atoms with Gasteiger partial charge in [0.2, 0.25) is 5.91 Å². The van der Waals surface area contributed by atoms with E-state index in [9.17, 15) is 4.79 Å². The van der Waals surface area contributed by atoms with E-state index in [0.29, 0.717) is 18.4 Å². The minimum atomic E-state index is 0.0777. The Morgan fingerprint density at radius 1 is 1.47 bits per heavy atom. The van der Waals surface area contributed by atoms with Crippen molar-refractivity contribution in [3.05, 3.63) is 29.8 Å². The van der Waals surface area contributed by atoms with Gasteiger partial charge < -0.3 is 10.1 Å². The molecule has 1 aromatic carbocycles. The molecule has 1 amide bonds. The number of ether oxygens (including phenoxy) is 1. The molecule has 1 saturated carbocycles. The fraction of sp³-hybridized carbons (Fsp3) is 0.500. The van der Waals surface area contributed by atoms with Gasteiger partial charge >= 0.3 is 0 Å². The van der Waals surface area contributed by atoms with Crippen LogP contribution >= 0.6 is 0 Å². The van der Waals surface area contributed by atoms with Crippen molar-refractivity contribution in [1.82, 2.24) is 5.32 Å². The molecule has 92 valence electrons. The predicted octanol–water partition coefficient (Wildman–Crippen LogP) is 2.15. The number of amides is 1. The summed E-state index contributed by atoms with van der Waals surface area (Å²) in [5.41, 5.74) is 0.940. The van der Waals surface area contributed by atoms with Gasteiger partial charge in [0.25, 0.3) is 0 Å². The average Bonchev–Trinajstić information content (AvgIpc) is 3.13. The number of hydrogen-bond donors (Lipinski definition) is 1. The molecule has 1 aliphatic carbocycles. The van der Waals surface area contributed by atoms with Gasteiger partial charge in [0, 0.05) is 11.6 Å². The Balaban J connectivity index is 1.92. The highest BCUT2D eigenvalue weighted by Crippen LogP contribution is 2.32. The van der Waals surface area contributed by atoms with Crippen molar-refractivity contribution in [2.45, 2.75) is 32.2 Å². The van der Waals surface area contributed by atoms with Gasteiger partial charge in [-0.3, -0.25) is 4.79 Å². The van der Waals surface area contributed by atoms with Gasteiger partial charge in [-0.15, -0.1) is 0 Å². The summed E-state index contributed by atoms with van der Waals surface area (Å²) in [5, 5.41) is 3.05. The zero-order valence-corrected chi connectivity index (χ0v) is 10.4. The first-order chi connectivity index (χ1) is 8.20. The summed E-state index contributed by atoms with van der Waals surface area (Å²) in [7, 11) is 1.63. The third-order valence-corrected chi connectivity index (χ3v) is 3.26. The second kappa shape index (κ2) is 5.21. The molecule has 1 unspecified atom stereocenters. The Morgan fingerprint density at radius 3 is 2.82 bits per heavy atom.